The Bertz CT molecular complexity index is 1050. The van der Waals surface area contributed by atoms with Crippen molar-refractivity contribution in [1.29, 1.82) is 0 Å². The summed E-state index contributed by atoms with van der Waals surface area (Å²) in [6.45, 7) is 6.83. The number of aromatic nitrogens is 2. The molecule has 142 valence electrons. The lowest BCUT2D eigenvalue weighted by molar-refractivity contribution is -0.116. The molecule has 1 aliphatic rings. The molecule has 0 radical (unpaired) electrons. The number of carbonyl (C=O) groups excluding carboxylic acids is 1. The van der Waals surface area contributed by atoms with Gasteiger partial charge in [0.1, 0.15) is 6.54 Å². The van der Waals surface area contributed by atoms with Gasteiger partial charge in [0.25, 0.3) is 0 Å². The third kappa shape index (κ3) is 3.92. The minimum Gasteiger partial charge on any atom is -0.325 e. The van der Waals surface area contributed by atoms with Crippen molar-refractivity contribution in [1.82, 2.24) is 13.9 Å². The van der Waals surface area contributed by atoms with Crippen molar-refractivity contribution in [2.75, 3.05) is 11.9 Å². The average Bonchev–Trinajstić information content (AvgIpc) is 2.91. The van der Waals surface area contributed by atoms with Crippen LogP contribution in [0.2, 0.25) is 0 Å². The second kappa shape index (κ2) is 6.99. The number of nitrogens with zero attached hydrogens (tertiary/aromatic N) is 4. The maximum Gasteiger partial charge on any atom is 0.345 e. The van der Waals surface area contributed by atoms with Crippen LogP contribution in [0.25, 0.3) is 5.69 Å². The van der Waals surface area contributed by atoms with Crippen LogP contribution in [0, 0.1) is 13.8 Å². The van der Waals surface area contributed by atoms with Crippen LogP contribution in [0.15, 0.2) is 46.8 Å². The van der Waals surface area contributed by atoms with E-state index in [0.717, 1.165) is 21.4 Å². The molecule has 1 aromatic heterocycles. The van der Waals surface area contributed by atoms with Gasteiger partial charge in [-0.05, 0) is 58.0 Å². The van der Waals surface area contributed by atoms with Crippen molar-refractivity contribution in [3.05, 3.63) is 53.8 Å². The standard InChI is InChI=1S/C18H21N5O3S/c1-12-9-13(2)23(27(25,26)21-12)10-18(24)20-16-5-7-17(8-6-16)22-11-19-14(3)15(22)4/h5-9,11H,10H2,1-4H3,(H,20,24). The molecule has 1 aromatic carbocycles. The molecule has 0 atom stereocenters. The molecule has 2 heterocycles. The lowest BCUT2D eigenvalue weighted by atomic mass is 10.2. The number of amides is 1. The molecule has 0 bridgehead atoms. The molecule has 0 aliphatic carbocycles. The van der Waals surface area contributed by atoms with Gasteiger partial charge in [-0.1, -0.05) is 0 Å². The van der Waals surface area contributed by atoms with E-state index in [4.69, 9.17) is 0 Å². The maximum atomic E-state index is 12.3. The fraction of sp³-hybridized carbons (Fsp3) is 0.278. The normalized spacial score (nSPS) is 15.9. The largest absolute Gasteiger partial charge is 0.345 e. The Kier molecular flexibility index (Phi) is 4.88. The van der Waals surface area contributed by atoms with Crippen LogP contribution in [0.3, 0.4) is 0 Å². The van der Waals surface area contributed by atoms with Gasteiger partial charge in [-0.2, -0.15) is 8.42 Å². The Morgan fingerprint density at radius 3 is 2.33 bits per heavy atom. The number of benzene rings is 1. The van der Waals surface area contributed by atoms with Crippen LogP contribution in [0.1, 0.15) is 25.2 Å². The number of aryl methyl sites for hydroxylation is 1. The Hall–Kier alpha value is -2.94. The molecule has 0 saturated carbocycles. The van der Waals surface area contributed by atoms with E-state index in [1.807, 2.05) is 30.5 Å². The average molecular weight is 387 g/mol. The van der Waals surface area contributed by atoms with Crippen LogP contribution in [-0.4, -0.2) is 40.4 Å². The predicted octanol–water partition coefficient (Wildman–Crippen LogP) is 2.35. The van der Waals surface area contributed by atoms with E-state index in [2.05, 4.69) is 14.7 Å². The number of anilines is 1. The fourth-order valence-corrected chi connectivity index (χ4v) is 4.03. The van der Waals surface area contributed by atoms with Gasteiger partial charge < -0.3 is 9.88 Å². The van der Waals surface area contributed by atoms with Crippen molar-refractivity contribution in [2.24, 2.45) is 4.40 Å². The van der Waals surface area contributed by atoms with Gasteiger partial charge in [-0.25, -0.2) is 9.29 Å². The first-order valence-electron chi connectivity index (χ1n) is 8.36. The third-order valence-corrected chi connectivity index (χ3v) is 5.81. The van der Waals surface area contributed by atoms with Crippen molar-refractivity contribution >= 4 is 27.5 Å². The Balaban J connectivity index is 1.70. The quantitative estimate of drug-likeness (QED) is 0.871. The van der Waals surface area contributed by atoms with Gasteiger partial charge >= 0.3 is 10.2 Å². The number of rotatable bonds is 4. The van der Waals surface area contributed by atoms with E-state index >= 15 is 0 Å². The molecule has 0 fully saturated rings. The zero-order valence-corrected chi connectivity index (χ0v) is 16.4. The zero-order valence-electron chi connectivity index (χ0n) is 15.6. The first-order chi connectivity index (χ1) is 12.7. The highest BCUT2D eigenvalue weighted by molar-refractivity contribution is 7.88. The second-order valence-corrected chi connectivity index (χ2v) is 7.90. The van der Waals surface area contributed by atoms with Crippen LogP contribution >= 0.6 is 0 Å². The van der Waals surface area contributed by atoms with Crippen molar-refractivity contribution < 1.29 is 13.2 Å². The van der Waals surface area contributed by atoms with E-state index in [1.54, 1.807) is 38.4 Å². The van der Waals surface area contributed by atoms with Crippen molar-refractivity contribution in [3.8, 4) is 5.69 Å². The van der Waals surface area contributed by atoms with E-state index in [1.165, 1.54) is 0 Å². The monoisotopic (exact) mass is 387 g/mol. The molecule has 2 aromatic rings. The predicted molar refractivity (Wildman–Crippen MR) is 104 cm³/mol. The molecule has 9 heteroatoms. The van der Waals surface area contributed by atoms with Crippen LogP contribution in [-0.2, 0) is 15.0 Å². The summed E-state index contributed by atoms with van der Waals surface area (Å²) in [7, 11) is -3.87. The van der Waals surface area contributed by atoms with Gasteiger partial charge in [0.05, 0.1) is 17.7 Å². The number of imidazole rings is 1. The number of hydrogen-bond donors (Lipinski definition) is 1. The number of allylic oxidation sites excluding steroid dienone is 2. The lowest BCUT2D eigenvalue weighted by Crippen LogP contribution is -2.37. The Labute approximate surface area is 158 Å². The summed E-state index contributed by atoms with van der Waals surface area (Å²) in [6.07, 6.45) is 3.37. The van der Waals surface area contributed by atoms with E-state index in [-0.39, 0.29) is 6.54 Å². The smallest absolute Gasteiger partial charge is 0.325 e. The zero-order chi connectivity index (χ0) is 19.8. The van der Waals surface area contributed by atoms with E-state index in [0.29, 0.717) is 17.1 Å². The summed E-state index contributed by atoms with van der Waals surface area (Å²) in [5, 5.41) is 2.71. The summed E-state index contributed by atoms with van der Waals surface area (Å²) in [5.41, 5.74) is 4.35. The fourth-order valence-electron chi connectivity index (χ4n) is 2.82. The summed E-state index contributed by atoms with van der Waals surface area (Å²) in [5.74, 6) is -0.441. The first-order valence-corrected chi connectivity index (χ1v) is 9.75. The number of nitrogens with one attached hydrogen (secondary N) is 1. The summed E-state index contributed by atoms with van der Waals surface area (Å²) in [6, 6.07) is 7.25. The topological polar surface area (TPSA) is 96.7 Å². The SMILES string of the molecule is CC1=CC(C)=NS(=O)(=O)N1CC(=O)Nc1ccc(-n2cnc(C)c2C)cc1. The molecular weight excluding hydrogens is 366 g/mol. The molecule has 0 unspecified atom stereocenters. The molecule has 1 amide bonds. The van der Waals surface area contributed by atoms with Gasteiger partial charge in [0.15, 0.2) is 0 Å². The highest BCUT2D eigenvalue weighted by Crippen LogP contribution is 2.19. The van der Waals surface area contributed by atoms with Gasteiger partial charge in [-0.15, -0.1) is 4.40 Å². The molecular formula is C18H21N5O3S. The Morgan fingerprint density at radius 2 is 1.78 bits per heavy atom. The van der Waals surface area contributed by atoms with Crippen LogP contribution < -0.4 is 5.32 Å². The van der Waals surface area contributed by atoms with Gasteiger partial charge in [0, 0.05) is 22.8 Å². The first kappa shape index (κ1) is 18.8. The highest BCUT2D eigenvalue weighted by Gasteiger charge is 2.27. The minimum atomic E-state index is -3.87. The van der Waals surface area contributed by atoms with Gasteiger partial charge in [0.2, 0.25) is 5.91 Å². The van der Waals surface area contributed by atoms with E-state index < -0.39 is 16.1 Å². The summed E-state index contributed by atoms with van der Waals surface area (Å²) >= 11 is 0. The lowest BCUT2D eigenvalue weighted by Gasteiger charge is -2.24. The van der Waals surface area contributed by atoms with E-state index in [9.17, 15) is 13.2 Å². The molecule has 0 saturated heterocycles. The van der Waals surface area contributed by atoms with Crippen molar-refractivity contribution in [3.63, 3.8) is 0 Å². The Morgan fingerprint density at radius 1 is 1.11 bits per heavy atom. The summed E-state index contributed by atoms with van der Waals surface area (Å²) < 4.78 is 30.8. The van der Waals surface area contributed by atoms with Gasteiger partial charge in [-0.3, -0.25) is 4.79 Å². The molecule has 1 aliphatic heterocycles. The second-order valence-electron chi connectivity index (χ2n) is 6.38. The minimum absolute atomic E-state index is 0.330. The molecule has 0 spiro atoms. The molecule has 8 nitrogen and oxygen atoms in total. The molecule has 27 heavy (non-hydrogen) atoms. The van der Waals surface area contributed by atoms with Crippen LogP contribution in [0.4, 0.5) is 5.69 Å². The molecule has 1 N–H and O–H groups in total. The number of carbonyl (C=O) groups is 1. The maximum absolute atomic E-state index is 12.3. The molecule has 3 rings (SSSR count). The third-order valence-electron chi connectivity index (χ3n) is 4.32. The summed E-state index contributed by atoms with van der Waals surface area (Å²) in [4.78, 5) is 16.6. The number of hydrogen-bond acceptors (Lipinski definition) is 4. The van der Waals surface area contributed by atoms with Crippen molar-refractivity contribution in [2.45, 2.75) is 27.7 Å². The highest BCUT2D eigenvalue weighted by atomic mass is 32.2. The van der Waals surface area contributed by atoms with Crippen LogP contribution in [0.5, 0.6) is 0 Å².